The number of hydrogen-bond acceptors (Lipinski definition) is 8. The monoisotopic (exact) mass is 433 g/mol. The van der Waals surface area contributed by atoms with Crippen molar-refractivity contribution in [3.8, 4) is 0 Å². The number of rotatable bonds is 7. The summed E-state index contributed by atoms with van der Waals surface area (Å²) in [6, 6.07) is 10.2. The molecule has 3 aromatic rings. The number of furan rings is 1. The fourth-order valence-electron chi connectivity index (χ4n) is 3.00. The molecule has 1 fully saturated rings. The van der Waals surface area contributed by atoms with E-state index in [0.29, 0.717) is 30.5 Å². The molecule has 1 aliphatic heterocycles. The lowest BCUT2D eigenvalue weighted by Crippen LogP contribution is -2.49. The second kappa shape index (κ2) is 9.27. The van der Waals surface area contributed by atoms with Gasteiger partial charge in [-0.25, -0.2) is 4.39 Å². The van der Waals surface area contributed by atoms with Crippen LogP contribution < -0.4 is 10.2 Å². The van der Waals surface area contributed by atoms with Crippen LogP contribution in [0, 0.1) is 5.82 Å². The molecule has 0 bridgehead atoms. The summed E-state index contributed by atoms with van der Waals surface area (Å²) in [5, 5.41) is 12.1. The van der Waals surface area contributed by atoms with Gasteiger partial charge in [-0.3, -0.25) is 4.79 Å². The van der Waals surface area contributed by atoms with E-state index in [-0.39, 0.29) is 11.7 Å². The average Bonchev–Trinajstić information content (AvgIpc) is 3.43. The Balaban J connectivity index is 1.21. The third-order valence-electron chi connectivity index (χ3n) is 4.54. The number of benzene rings is 1. The highest BCUT2D eigenvalue weighted by Crippen LogP contribution is 2.26. The smallest absolute Gasteiger partial charge is 0.233 e. The van der Waals surface area contributed by atoms with Crippen LogP contribution in [-0.4, -0.2) is 52.9 Å². The zero-order valence-electron chi connectivity index (χ0n) is 15.6. The molecule has 2 aromatic heterocycles. The van der Waals surface area contributed by atoms with E-state index < -0.39 is 0 Å². The Morgan fingerprint density at radius 2 is 1.97 bits per heavy atom. The number of hydrogen-bond donors (Lipinski definition) is 1. The molecule has 29 heavy (non-hydrogen) atoms. The van der Waals surface area contributed by atoms with Crippen molar-refractivity contribution in [3.63, 3.8) is 0 Å². The largest absolute Gasteiger partial charge is 0.467 e. The summed E-state index contributed by atoms with van der Waals surface area (Å²) in [7, 11) is 0. The van der Waals surface area contributed by atoms with Crippen LogP contribution in [0.15, 0.2) is 51.4 Å². The Kier molecular flexibility index (Phi) is 6.30. The number of piperazine rings is 1. The van der Waals surface area contributed by atoms with Gasteiger partial charge in [-0.2, -0.15) is 0 Å². The van der Waals surface area contributed by atoms with E-state index in [0.717, 1.165) is 28.9 Å². The van der Waals surface area contributed by atoms with Crippen LogP contribution in [0.1, 0.15) is 5.76 Å². The first-order valence-corrected chi connectivity index (χ1v) is 11.0. The first kappa shape index (κ1) is 19.7. The molecule has 0 aliphatic carbocycles. The molecular weight excluding hydrogens is 413 g/mol. The molecule has 4 rings (SSSR count). The number of halogens is 1. The van der Waals surface area contributed by atoms with Crippen LogP contribution in [-0.2, 0) is 11.3 Å². The molecule has 0 saturated carbocycles. The van der Waals surface area contributed by atoms with Gasteiger partial charge in [0.15, 0.2) is 4.34 Å². The fourth-order valence-corrected chi connectivity index (χ4v) is 4.65. The van der Waals surface area contributed by atoms with Gasteiger partial charge in [-0.1, -0.05) is 23.1 Å². The van der Waals surface area contributed by atoms with Gasteiger partial charge in [-0.05, 0) is 36.4 Å². The van der Waals surface area contributed by atoms with Gasteiger partial charge in [0.25, 0.3) is 0 Å². The lowest BCUT2D eigenvalue weighted by atomic mass is 10.2. The van der Waals surface area contributed by atoms with Crippen LogP contribution in [0.2, 0.25) is 0 Å². The van der Waals surface area contributed by atoms with E-state index in [1.165, 1.54) is 35.2 Å². The zero-order chi connectivity index (χ0) is 20.1. The number of carbonyl (C=O) groups is 1. The van der Waals surface area contributed by atoms with E-state index in [2.05, 4.69) is 20.4 Å². The Morgan fingerprint density at radius 1 is 1.17 bits per heavy atom. The van der Waals surface area contributed by atoms with Gasteiger partial charge in [0.2, 0.25) is 11.0 Å². The van der Waals surface area contributed by atoms with Gasteiger partial charge < -0.3 is 19.5 Å². The van der Waals surface area contributed by atoms with E-state index >= 15 is 0 Å². The summed E-state index contributed by atoms with van der Waals surface area (Å²) >= 11 is 2.82. The molecule has 1 amide bonds. The van der Waals surface area contributed by atoms with Crippen molar-refractivity contribution >= 4 is 39.8 Å². The second-order valence-corrected chi connectivity index (χ2v) is 8.64. The van der Waals surface area contributed by atoms with E-state index in [1.54, 1.807) is 18.4 Å². The lowest BCUT2D eigenvalue weighted by molar-refractivity contribution is -0.128. The Morgan fingerprint density at radius 3 is 2.69 bits per heavy atom. The molecule has 1 aliphatic rings. The van der Waals surface area contributed by atoms with Crippen molar-refractivity contribution in [2.75, 3.05) is 42.1 Å². The SMILES string of the molecule is O=C(CSc1nnc(NCc2ccco2)s1)N1CCN(c2ccc(F)cc2)CC1. The van der Waals surface area contributed by atoms with Crippen LogP contribution >= 0.6 is 23.1 Å². The molecule has 1 N–H and O–H groups in total. The van der Waals surface area contributed by atoms with Crippen LogP contribution in [0.3, 0.4) is 0 Å². The van der Waals surface area contributed by atoms with Gasteiger partial charge in [0, 0.05) is 31.9 Å². The van der Waals surface area contributed by atoms with Crippen molar-refractivity contribution in [2.24, 2.45) is 0 Å². The first-order chi connectivity index (χ1) is 14.2. The molecule has 1 saturated heterocycles. The van der Waals surface area contributed by atoms with Crippen molar-refractivity contribution < 1.29 is 13.6 Å². The zero-order valence-corrected chi connectivity index (χ0v) is 17.2. The number of carbonyl (C=O) groups excluding carboxylic acids is 1. The molecule has 0 unspecified atom stereocenters. The molecule has 0 spiro atoms. The second-order valence-electron chi connectivity index (χ2n) is 6.44. The Bertz CT molecular complexity index is 924. The van der Waals surface area contributed by atoms with E-state index in [1.807, 2.05) is 17.0 Å². The minimum absolute atomic E-state index is 0.0917. The normalized spacial score (nSPS) is 14.2. The number of aromatic nitrogens is 2. The quantitative estimate of drug-likeness (QED) is 0.573. The van der Waals surface area contributed by atoms with Gasteiger partial charge in [-0.15, -0.1) is 10.2 Å². The fraction of sp³-hybridized carbons (Fsp3) is 0.316. The Hall–Kier alpha value is -2.59. The van der Waals surface area contributed by atoms with Crippen molar-refractivity contribution in [2.45, 2.75) is 10.9 Å². The van der Waals surface area contributed by atoms with Gasteiger partial charge in [0.1, 0.15) is 11.6 Å². The average molecular weight is 434 g/mol. The number of anilines is 2. The summed E-state index contributed by atoms with van der Waals surface area (Å²) in [6.45, 7) is 3.33. The summed E-state index contributed by atoms with van der Waals surface area (Å²) in [6.07, 6.45) is 1.63. The van der Waals surface area contributed by atoms with Crippen LogP contribution in [0.4, 0.5) is 15.2 Å². The van der Waals surface area contributed by atoms with Crippen molar-refractivity contribution in [1.82, 2.24) is 15.1 Å². The maximum absolute atomic E-state index is 13.1. The molecule has 10 heteroatoms. The predicted octanol–water partition coefficient (Wildman–Crippen LogP) is 3.32. The highest BCUT2D eigenvalue weighted by Gasteiger charge is 2.21. The highest BCUT2D eigenvalue weighted by atomic mass is 32.2. The number of nitrogens with zero attached hydrogens (tertiary/aromatic N) is 4. The molecule has 7 nitrogen and oxygen atoms in total. The first-order valence-electron chi connectivity index (χ1n) is 9.18. The topological polar surface area (TPSA) is 74.5 Å². The predicted molar refractivity (Wildman–Crippen MR) is 112 cm³/mol. The number of nitrogens with one attached hydrogen (secondary N) is 1. The third kappa shape index (κ3) is 5.27. The molecule has 152 valence electrons. The highest BCUT2D eigenvalue weighted by molar-refractivity contribution is 8.01. The summed E-state index contributed by atoms with van der Waals surface area (Å²) in [5.74, 6) is 1.01. The van der Waals surface area contributed by atoms with E-state index in [9.17, 15) is 9.18 Å². The van der Waals surface area contributed by atoms with E-state index in [4.69, 9.17) is 4.42 Å². The molecule has 3 heterocycles. The minimum atomic E-state index is -0.240. The summed E-state index contributed by atoms with van der Waals surface area (Å²) in [4.78, 5) is 16.5. The molecule has 0 radical (unpaired) electrons. The van der Waals surface area contributed by atoms with Crippen molar-refractivity contribution in [1.29, 1.82) is 0 Å². The van der Waals surface area contributed by atoms with Crippen LogP contribution in [0.5, 0.6) is 0 Å². The van der Waals surface area contributed by atoms with Crippen LogP contribution in [0.25, 0.3) is 0 Å². The Labute approximate surface area is 175 Å². The maximum Gasteiger partial charge on any atom is 0.233 e. The summed E-state index contributed by atoms with van der Waals surface area (Å²) < 4.78 is 19.1. The maximum atomic E-state index is 13.1. The summed E-state index contributed by atoms with van der Waals surface area (Å²) in [5.41, 5.74) is 0.983. The number of thioether (sulfide) groups is 1. The minimum Gasteiger partial charge on any atom is -0.467 e. The number of amides is 1. The third-order valence-corrected chi connectivity index (χ3v) is 6.54. The molecule has 1 aromatic carbocycles. The van der Waals surface area contributed by atoms with Crippen molar-refractivity contribution in [3.05, 3.63) is 54.2 Å². The lowest BCUT2D eigenvalue weighted by Gasteiger charge is -2.36. The molecule has 0 atom stereocenters. The standard InChI is InChI=1S/C19H20FN5O2S2/c20-14-3-5-15(6-4-14)24-7-9-25(10-8-24)17(26)13-28-19-23-22-18(29-19)21-12-16-2-1-11-27-16/h1-6,11H,7-10,12-13H2,(H,21,22). The molecular formula is C19H20FN5O2S2. The van der Waals surface area contributed by atoms with Gasteiger partial charge in [0.05, 0.1) is 18.6 Å². The van der Waals surface area contributed by atoms with Gasteiger partial charge >= 0.3 is 0 Å².